The Morgan fingerprint density at radius 3 is 1.76 bits per heavy atom. The molecule has 9 heteroatoms. The average Bonchev–Trinajstić information content (AvgIpc) is 3.34. The molecule has 9 nitrogen and oxygen atoms in total. The van der Waals surface area contributed by atoms with Crippen LogP contribution in [0.1, 0.15) is 37.6 Å². The van der Waals surface area contributed by atoms with Gasteiger partial charge in [-0.25, -0.2) is 14.4 Å². The van der Waals surface area contributed by atoms with E-state index in [1.165, 1.54) is 30.5 Å². The molecule has 1 amide bonds. The molecule has 0 saturated carbocycles. The maximum Gasteiger partial charge on any atom is 0.349 e. The number of furan rings is 1. The third-order valence-corrected chi connectivity index (χ3v) is 4.84. The van der Waals surface area contributed by atoms with Gasteiger partial charge in [-0.05, 0) is 50.2 Å². The normalized spacial score (nSPS) is 12.3. The van der Waals surface area contributed by atoms with Gasteiger partial charge in [0.05, 0.1) is 23.9 Å². The van der Waals surface area contributed by atoms with Crippen molar-refractivity contribution in [3.05, 3.63) is 94.9 Å². The number of ether oxygens (including phenoxy) is 2. The number of esters is 2. The standard InChI is InChI=1S/C25H23NO8/c1-15-5-9-17(10-6-15)24(30)33-20(22(27)26-14-19-4-3-13-32-19)21(23(28)29)34-25(31)18-11-7-16(2)8-12-18/h3-13,20-21H,14H2,1-2H3,(H,26,27)(H,28,29)/t20-,21-/m0/s1. The molecule has 3 rings (SSSR count). The number of benzene rings is 2. The number of carboxylic acids is 1. The summed E-state index contributed by atoms with van der Waals surface area (Å²) in [4.78, 5) is 50.1. The average molecular weight is 465 g/mol. The quantitative estimate of drug-likeness (QED) is 0.461. The second-order valence-corrected chi connectivity index (χ2v) is 7.52. The summed E-state index contributed by atoms with van der Waals surface area (Å²) >= 11 is 0. The molecule has 1 heterocycles. The number of carbonyl (C=O) groups excluding carboxylic acids is 3. The minimum absolute atomic E-state index is 0.0801. The summed E-state index contributed by atoms with van der Waals surface area (Å²) in [6, 6.07) is 15.7. The molecule has 0 spiro atoms. The highest BCUT2D eigenvalue weighted by molar-refractivity contribution is 5.96. The first-order chi connectivity index (χ1) is 16.2. The molecule has 176 valence electrons. The van der Waals surface area contributed by atoms with Crippen LogP contribution in [0.15, 0.2) is 71.3 Å². The van der Waals surface area contributed by atoms with E-state index < -0.39 is 36.0 Å². The van der Waals surface area contributed by atoms with Gasteiger partial charge in [0.15, 0.2) is 0 Å². The lowest BCUT2D eigenvalue weighted by molar-refractivity contribution is -0.159. The van der Waals surface area contributed by atoms with Crippen LogP contribution in [0.25, 0.3) is 0 Å². The molecule has 0 saturated heterocycles. The van der Waals surface area contributed by atoms with Gasteiger partial charge in [-0.1, -0.05) is 35.4 Å². The second kappa shape index (κ2) is 11.0. The summed E-state index contributed by atoms with van der Waals surface area (Å²) in [5.74, 6) is -4.17. The van der Waals surface area contributed by atoms with Crippen molar-refractivity contribution < 1.29 is 38.2 Å². The Hall–Kier alpha value is -4.40. The predicted octanol–water partition coefficient (Wildman–Crippen LogP) is 3.05. The van der Waals surface area contributed by atoms with Crippen LogP contribution in [0.5, 0.6) is 0 Å². The summed E-state index contributed by atoms with van der Waals surface area (Å²) in [5.41, 5.74) is 1.95. The molecule has 0 radical (unpaired) electrons. The maximum absolute atomic E-state index is 12.9. The molecule has 3 aromatic rings. The van der Waals surface area contributed by atoms with Gasteiger partial charge in [0, 0.05) is 0 Å². The molecule has 2 atom stereocenters. The molecule has 0 unspecified atom stereocenters. The van der Waals surface area contributed by atoms with Gasteiger partial charge >= 0.3 is 17.9 Å². The summed E-state index contributed by atoms with van der Waals surface area (Å²) in [6.45, 7) is 3.55. The molecular weight excluding hydrogens is 442 g/mol. The predicted molar refractivity (Wildman–Crippen MR) is 119 cm³/mol. The van der Waals surface area contributed by atoms with Crippen LogP contribution in [0.2, 0.25) is 0 Å². The fourth-order valence-electron chi connectivity index (χ4n) is 2.93. The van der Waals surface area contributed by atoms with E-state index in [1.807, 2.05) is 13.8 Å². The van der Waals surface area contributed by atoms with Crippen LogP contribution >= 0.6 is 0 Å². The highest BCUT2D eigenvalue weighted by Crippen LogP contribution is 2.15. The maximum atomic E-state index is 12.9. The molecule has 2 N–H and O–H groups in total. The van der Waals surface area contributed by atoms with Crippen molar-refractivity contribution in [1.82, 2.24) is 5.32 Å². The Kier molecular flexibility index (Phi) is 7.81. The second-order valence-electron chi connectivity index (χ2n) is 7.52. The minimum atomic E-state index is -2.10. The lowest BCUT2D eigenvalue weighted by Gasteiger charge is -2.23. The molecule has 1 aromatic heterocycles. The Bertz CT molecular complexity index is 1150. The van der Waals surface area contributed by atoms with Crippen LogP contribution in [0.4, 0.5) is 0 Å². The van der Waals surface area contributed by atoms with Gasteiger partial charge < -0.3 is 24.3 Å². The fourth-order valence-corrected chi connectivity index (χ4v) is 2.93. The molecule has 0 bridgehead atoms. The molecule has 0 fully saturated rings. The lowest BCUT2D eigenvalue weighted by Crippen LogP contribution is -2.50. The van der Waals surface area contributed by atoms with Gasteiger partial charge in [-0.3, -0.25) is 4.79 Å². The minimum Gasteiger partial charge on any atom is -0.478 e. The van der Waals surface area contributed by atoms with Crippen molar-refractivity contribution in [2.45, 2.75) is 32.6 Å². The van der Waals surface area contributed by atoms with Gasteiger partial charge in [0.25, 0.3) is 5.91 Å². The summed E-state index contributed by atoms with van der Waals surface area (Å²) in [5, 5.41) is 12.2. The molecule has 0 aliphatic heterocycles. The van der Waals surface area contributed by atoms with Crippen LogP contribution in [0.3, 0.4) is 0 Å². The summed E-state index contributed by atoms with van der Waals surface area (Å²) < 4.78 is 15.5. The van der Waals surface area contributed by atoms with Crippen molar-refractivity contribution in [2.75, 3.05) is 0 Å². The Balaban J connectivity index is 1.84. The van der Waals surface area contributed by atoms with Crippen molar-refractivity contribution in [3.63, 3.8) is 0 Å². The molecule has 0 aliphatic carbocycles. The number of aryl methyl sites for hydroxylation is 2. The fraction of sp³-hybridized carbons (Fsp3) is 0.200. The van der Waals surface area contributed by atoms with E-state index in [9.17, 15) is 24.3 Å². The SMILES string of the molecule is Cc1ccc(C(=O)O[C@H](C(=O)O)[C@H](OC(=O)c2ccc(C)cc2)C(=O)NCc2ccco2)cc1. The zero-order valence-electron chi connectivity index (χ0n) is 18.5. The number of hydrogen-bond donors (Lipinski definition) is 2. The number of carbonyl (C=O) groups is 4. The van der Waals surface area contributed by atoms with Crippen molar-refractivity contribution >= 4 is 23.8 Å². The van der Waals surface area contributed by atoms with Crippen LogP contribution < -0.4 is 5.32 Å². The Morgan fingerprint density at radius 2 is 1.32 bits per heavy atom. The monoisotopic (exact) mass is 465 g/mol. The van der Waals surface area contributed by atoms with E-state index in [1.54, 1.807) is 36.4 Å². The number of aliphatic carboxylic acids is 1. The number of amides is 1. The van der Waals surface area contributed by atoms with E-state index in [4.69, 9.17) is 13.9 Å². The van der Waals surface area contributed by atoms with Gasteiger partial charge in [0.2, 0.25) is 12.2 Å². The zero-order valence-corrected chi connectivity index (χ0v) is 18.5. The van der Waals surface area contributed by atoms with Crippen molar-refractivity contribution in [1.29, 1.82) is 0 Å². The molecule has 0 aliphatic rings. The first kappa shape index (κ1) is 24.2. The zero-order chi connectivity index (χ0) is 24.7. The number of hydrogen-bond acceptors (Lipinski definition) is 7. The van der Waals surface area contributed by atoms with E-state index in [0.29, 0.717) is 5.76 Å². The van der Waals surface area contributed by atoms with Gasteiger partial charge in [-0.15, -0.1) is 0 Å². The molecule has 34 heavy (non-hydrogen) atoms. The van der Waals surface area contributed by atoms with E-state index in [-0.39, 0.29) is 17.7 Å². The van der Waals surface area contributed by atoms with E-state index >= 15 is 0 Å². The highest BCUT2D eigenvalue weighted by atomic mass is 16.6. The van der Waals surface area contributed by atoms with Crippen LogP contribution in [0, 0.1) is 13.8 Å². The number of nitrogens with one attached hydrogen (secondary N) is 1. The summed E-state index contributed by atoms with van der Waals surface area (Å²) in [7, 11) is 0. The third-order valence-electron chi connectivity index (χ3n) is 4.84. The third kappa shape index (κ3) is 6.32. The Morgan fingerprint density at radius 1 is 0.824 bits per heavy atom. The first-order valence-electron chi connectivity index (χ1n) is 10.3. The van der Waals surface area contributed by atoms with E-state index in [0.717, 1.165) is 11.1 Å². The summed E-state index contributed by atoms with van der Waals surface area (Å²) in [6.07, 6.45) is -2.66. The Labute approximate surface area is 195 Å². The van der Waals surface area contributed by atoms with E-state index in [2.05, 4.69) is 5.32 Å². The number of carboxylic acid groups (broad SMARTS) is 1. The first-order valence-corrected chi connectivity index (χ1v) is 10.3. The van der Waals surface area contributed by atoms with Crippen molar-refractivity contribution in [2.24, 2.45) is 0 Å². The molecule has 2 aromatic carbocycles. The highest BCUT2D eigenvalue weighted by Gasteiger charge is 2.41. The van der Waals surface area contributed by atoms with Crippen LogP contribution in [-0.4, -0.2) is 41.1 Å². The topological polar surface area (TPSA) is 132 Å². The van der Waals surface area contributed by atoms with Crippen LogP contribution in [-0.2, 0) is 25.6 Å². The van der Waals surface area contributed by atoms with Gasteiger partial charge in [-0.2, -0.15) is 0 Å². The number of rotatable bonds is 9. The van der Waals surface area contributed by atoms with Gasteiger partial charge in [0.1, 0.15) is 5.76 Å². The molecular formula is C25H23NO8. The lowest BCUT2D eigenvalue weighted by atomic mass is 10.1. The largest absolute Gasteiger partial charge is 0.478 e. The smallest absolute Gasteiger partial charge is 0.349 e. The van der Waals surface area contributed by atoms with Crippen molar-refractivity contribution in [3.8, 4) is 0 Å².